The minimum Gasteiger partial charge on any atom is -0.465 e. The van der Waals surface area contributed by atoms with Gasteiger partial charge in [0.2, 0.25) is 0 Å². The molecule has 11 heteroatoms. The van der Waals surface area contributed by atoms with E-state index in [1.54, 1.807) is 6.07 Å². The van der Waals surface area contributed by atoms with Crippen molar-refractivity contribution in [1.82, 2.24) is 15.1 Å². The standard InChI is InChI=1S/C23H23F3N4O2S2/c1-32-21(31)16-12-18(15-6-3-2-4-7-15)34-20(16)28-22(33)27-10-5-11-30-17(14-8-9-14)13-19(29-30)23(24,25)26/h2-4,6-7,12-14H,5,8-11H2,1H3,(H2,27,28,33). The summed E-state index contributed by atoms with van der Waals surface area (Å²) in [5, 5.41) is 10.7. The molecule has 1 aromatic carbocycles. The smallest absolute Gasteiger partial charge is 0.435 e. The van der Waals surface area contributed by atoms with Gasteiger partial charge >= 0.3 is 12.1 Å². The monoisotopic (exact) mass is 508 g/mol. The van der Waals surface area contributed by atoms with Gasteiger partial charge in [0, 0.05) is 29.6 Å². The number of esters is 1. The predicted molar refractivity (Wildman–Crippen MR) is 129 cm³/mol. The molecule has 0 unspecified atom stereocenters. The molecule has 2 aromatic heterocycles. The van der Waals surface area contributed by atoms with E-state index in [1.165, 1.54) is 23.1 Å². The molecular formula is C23H23F3N4O2S2. The van der Waals surface area contributed by atoms with Crippen LogP contribution in [0.15, 0.2) is 42.5 Å². The molecule has 1 fully saturated rings. The van der Waals surface area contributed by atoms with E-state index in [2.05, 4.69) is 15.7 Å². The Morgan fingerprint density at radius 1 is 1.26 bits per heavy atom. The number of aromatic nitrogens is 2. The molecule has 1 saturated carbocycles. The third-order valence-electron chi connectivity index (χ3n) is 5.35. The van der Waals surface area contributed by atoms with Crippen molar-refractivity contribution in [2.24, 2.45) is 0 Å². The van der Waals surface area contributed by atoms with Crippen molar-refractivity contribution in [3.05, 3.63) is 59.4 Å². The molecule has 2 heterocycles. The van der Waals surface area contributed by atoms with Crippen molar-refractivity contribution in [3.63, 3.8) is 0 Å². The first-order chi connectivity index (χ1) is 16.3. The summed E-state index contributed by atoms with van der Waals surface area (Å²) in [6, 6.07) is 12.6. The quantitative estimate of drug-likeness (QED) is 0.232. The van der Waals surface area contributed by atoms with Gasteiger partial charge in [-0.2, -0.15) is 18.3 Å². The maximum atomic E-state index is 13.0. The highest BCUT2D eigenvalue weighted by atomic mass is 32.1. The average Bonchev–Trinajstić information content (AvgIpc) is 3.42. The predicted octanol–water partition coefficient (Wildman–Crippen LogP) is 5.67. The van der Waals surface area contributed by atoms with Crippen LogP contribution in [0, 0.1) is 0 Å². The number of ether oxygens (including phenoxy) is 1. The van der Waals surface area contributed by atoms with E-state index in [4.69, 9.17) is 17.0 Å². The number of hydrogen-bond donors (Lipinski definition) is 2. The SMILES string of the molecule is COC(=O)c1cc(-c2ccccc2)sc1NC(=S)NCCCn1nc(C(F)(F)F)cc1C1CC1. The Bertz CT molecular complexity index is 1170. The average molecular weight is 509 g/mol. The number of methoxy groups -OCH3 is 1. The Labute approximate surface area is 204 Å². The lowest BCUT2D eigenvalue weighted by Crippen LogP contribution is -2.30. The van der Waals surface area contributed by atoms with Gasteiger partial charge in [0.1, 0.15) is 5.00 Å². The highest BCUT2D eigenvalue weighted by molar-refractivity contribution is 7.80. The number of anilines is 1. The number of carbonyl (C=O) groups excluding carboxylic acids is 1. The van der Waals surface area contributed by atoms with Crippen LogP contribution in [0.5, 0.6) is 0 Å². The molecule has 0 spiro atoms. The number of rotatable bonds is 8. The Hall–Kier alpha value is -2.92. The summed E-state index contributed by atoms with van der Waals surface area (Å²) < 4.78 is 45.5. The van der Waals surface area contributed by atoms with Crippen LogP contribution in [-0.4, -0.2) is 34.5 Å². The van der Waals surface area contributed by atoms with E-state index in [-0.39, 0.29) is 5.92 Å². The van der Waals surface area contributed by atoms with Crippen molar-refractivity contribution >= 4 is 39.6 Å². The summed E-state index contributed by atoms with van der Waals surface area (Å²) >= 11 is 6.74. The zero-order valence-corrected chi connectivity index (χ0v) is 19.9. The van der Waals surface area contributed by atoms with Gasteiger partial charge in [-0.1, -0.05) is 30.3 Å². The lowest BCUT2D eigenvalue weighted by molar-refractivity contribution is -0.141. The van der Waals surface area contributed by atoms with Crippen LogP contribution in [0.4, 0.5) is 18.2 Å². The number of thiocarbonyl (C=S) groups is 1. The molecular weight excluding hydrogens is 485 g/mol. The molecule has 0 radical (unpaired) electrons. The fraction of sp³-hybridized carbons (Fsp3) is 0.348. The van der Waals surface area contributed by atoms with Gasteiger partial charge in [-0.3, -0.25) is 4.68 Å². The van der Waals surface area contributed by atoms with Crippen molar-refractivity contribution in [3.8, 4) is 10.4 Å². The van der Waals surface area contributed by atoms with Crippen LogP contribution in [0.1, 0.15) is 46.9 Å². The fourth-order valence-corrected chi connectivity index (χ4v) is 4.85. The lowest BCUT2D eigenvalue weighted by Gasteiger charge is -2.11. The summed E-state index contributed by atoms with van der Waals surface area (Å²) in [6.07, 6.45) is -2.13. The van der Waals surface area contributed by atoms with Gasteiger partial charge in [0.25, 0.3) is 0 Å². The molecule has 3 aromatic rings. The van der Waals surface area contributed by atoms with Crippen molar-refractivity contribution in [2.45, 2.75) is 37.9 Å². The Kier molecular flexibility index (Phi) is 7.22. The number of aryl methyl sites for hydroxylation is 1. The van der Waals surface area contributed by atoms with Gasteiger partial charge < -0.3 is 15.4 Å². The number of hydrogen-bond acceptors (Lipinski definition) is 5. The zero-order chi connectivity index (χ0) is 24.3. The molecule has 4 rings (SSSR count). The largest absolute Gasteiger partial charge is 0.465 e. The number of thiophene rings is 1. The first-order valence-electron chi connectivity index (χ1n) is 10.7. The first kappa shape index (κ1) is 24.2. The highest BCUT2D eigenvalue weighted by Crippen LogP contribution is 2.42. The second-order valence-corrected chi connectivity index (χ2v) is 9.36. The summed E-state index contributed by atoms with van der Waals surface area (Å²) in [6.45, 7) is 0.781. The molecule has 0 bridgehead atoms. The van der Waals surface area contributed by atoms with Crippen molar-refractivity contribution in [1.29, 1.82) is 0 Å². The highest BCUT2D eigenvalue weighted by Gasteiger charge is 2.37. The maximum Gasteiger partial charge on any atom is 0.435 e. The lowest BCUT2D eigenvalue weighted by atomic mass is 10.1. The summed E-state index contributed by atoms with van der Waals surface area (Å²) in [5.41, 5.74) is 1.14. The molecule has 0 atom stereocenters. The van der Waals surface area contributed by atoms with Crippen LogP contribution in [-0.2, 0) is 17.5 Å². The number of carbonyl (C=O) groups is 1. The van der Waals surface area contributed by atoms with E-state index in [0.717, 1.165) is 29.3 Å². The van der Waals surface area contributed by atoms with E-state index in [0.29, 0.717) is 40.9 Å². The van der Waals surface area contributed by atoms with Crippen LogP contribution in [0.25, 0.3) is 10.4 Å². The second kappa shape index (κ2) is 10.1. The van der Waals surface area contributed by atoms with Gasteiger partial charge in [-0.05, 0) is 49.2 Å². The minimum absolute atomic E-state index is 0.161. The zero-order valence-electron chi connectivity index (χ0n) is 18.3. The van der Waals surface area contributed by atoms with E-state index in [9.17, 15) is 18.0 Å². The topological polar surface area (TPSA) is 68.2 Å². The second-order valence-electron chi connectivity index (χ2n) is 7.90. The first-order valence-corrected chi connectivity index (χ1v) is 12.0. The number of benzene rings is 1. The molecule has 34 heavy (non-hydrogen) atoms. The van der Waals surface area contributed by atoms with Crippen molar-refractivity contribution in [2.75, 3.05) is 19.0 Å². The van der Waals surface area contributed by atoms with Crippen LogP contribution >= 0.6 is 23.6 Å². The number of halogens is 3. The van der Waals surface area contributed by atoms with Gasteiger partial charge in [-0.25, -0.2) is 4.79 Å². The Morgan fingerprint density at radius 2 is 2.00 bits per heavy atom. The number of nitrogens with one attached hydrogen (secondary N) is 2. The summed E-state index contributed by atoms with van der Waals surface area (Å²) in [4.78, 5) is 13.1. The van der Waals surface area contributed by atoms with Gasteiger partial charge in [-0.15, -0.1) is 11.3 Å². The van der Waals surface area contributed by atoms with Gasteiger partial charge in [0.15, 0.2) is 10.8 Å². The summed E-state index contributed by atoms with van der Waals surface area (Å²) in [5.74, 6) is -0.316. The fourth-order valence-electron chi connectivity index (χ4n) is 3.52. The van der Waals surface area contributed by atoms with E-state index >= 15 is 0 Å². The van der Waals surface area contributed by atoms with Crippen molar-refractivity contribution < 1.29 is 22.7 Å². The Morgan fingerprint density at radius 3 is 2.65 bits per heavy atom. The molecule has 2 N–H and O–H groups in total. The third-order valence-corrected chi connectivity index (χ3v) is 6.70. The molecule has 0 amide bonds. The van der Waals surface area contributed by atoms with Gasteiger partial charge in [0.05, 0.1) is 12.7 Å². The molecule has 6 nitrogen and oxygen atoms in total. The van der Waals surface area contributed by atoms with Crippen LogP contribution in [0.3, 0.4) is 0 Å². The summed E-state index contributed by atoms with van der Waals surface area (Å²) in [7, 11) is 1.32. The maximum absolute atomic E-state index is 13.0. The number of alkyl halides is 3. The third kappa shape index (κ3) is 5.76. The van der Waals surface area contributed by atoms with Crippen LogP contribution in [0.2, 0.25) is 0 Å². The normalized spacial score (nSPS) is 13.5. The minimum atomic E-state index is -4.45. The molecule has 1 aliphatic carbocycles. The molecule has 0 aliphatic heterocycles. The molecule has 0 saturated heterocycles. The molecule has 180 valence electrons. The Balaban J connectivity index is 1.35. The van der Waals surface area contributed by atoms with E-state index in [1.807, 2.05) is 30.3 Å². The molecule has 1 aliphatic rings. The number of nitrogens with zero attached hydrogens (tertiary/aromatic N) is 2. The van der Waals surface area contributed by atoms with Crippen LogP contribution < -0.4 is 10.6 Å². The van der Waals surface area contributed by atoms with E-state index < -0.39 is 17.8 Å².